The van der Waals surface area contributed by atoms with Crippen LogP contribution in [0, 0.1) is 0 Å². The van der Waals surface area contributed by atoms with Gasteiger partial charge in [-0.25, -0.2) is 9.97 Å². The zero-order valence-electron chi connectivity index (χ0n) is 18.7. The highest BCUT2D eigenvalue weighted by molar-refractivity contribution is 5.82. The van der Waals surface area contributed by atoms with Crippen molar-refractivity contribution in [1.29, 1.82) is 0 Å². The molecule has 0 aliphatic rings. The minimum atomic E-state index is 0.904. The smallest absolute Gasteiger partial charge is 0.116 e. The van der Waals surface area contributed by atoms with E-state index in [1.54, 1.807) is 6.33 Å². The zero-order chi connectivity index (χ0) is 21.7. The Labute approximate surface area is 180 Å². The largest absolute Gasteiger partial charge is 0.378 e. The minimum Gasteiger partial charge on any atom is -0.378 e. The molecule has 0 bridgehead atoms. The topological polar surface area (TPSA) is 32.3 Å². The molecule has 2 aromatic carbocycles. The molecule has 0 fully saturated rings. The highest BCUT2D eigenvalue weighted by Crippen LogP contribution is 2.22. The van der Waals surface area contributed by atoms with Crippen LogP contribution in [-0.2, 0) is 0 Å². The summed E-state index contributed by atoms with van der Waals surface area (Å²) in [4.78, 5) is 13.1. The Kier molecular flexibility index (Phi) is 6.68. The molecule has 0 aliphatic heterocycles. The first-order valence-electron chi connectivity index (χ1n) is 10.1. The molecule has 1 aromatic heterocycles. The summed E-state index contributed by atoms with van der Waals surface area (Å²) < 4.78 is 0. The van der Waals surface area contributed by atoms with Gasteiger partial charge in [0.1, 0.15) is 6.33 Å². The monoisotopic (exact) mass is 398 g/mol. The first-order valence-corrected chi connectivity index (χ1v) is 10.1. The van der Waals surface area contributed by atoms with Gasteiger partial charge in [-0.1, -0.05) is 24.3 Å². The van der Waals surface area contributed by atoms with Gasteiger partial charge in [0.25, 0.3) is 0 Å². The van der Waals surface area contributed by atoms with Crippen molar-refractivity contribution < 1.29 is 0 Å². The number of benzene rings is 2. The van der Waals surface area contributed by atoms with Crippen molar-refractivity contribution in [3.8, 4) is 0 Å². The van der Waals surface area contributed by atoms with Crippen molar-refractivity contribution in [1.82, 2.24) is 9.97 Å². The van der Waals surface area contributed by atoms with Crippen LogP contribution in [0.4, 0.5) is 11.4 Å². The van der Waals surface area contributed by atoms with Crippen LogP contribution in [-0.4, -0.2) is 38.2 Å². The maximum absolute atomic E-state index is 4.43. The van der Waals surface area contributed by atoms with Crippen LogP contribution >= 0.6 is 0 Å². The van der Waals surface area contributed by atoms with Crippen molar-refractivity contribution in [3.05, 3.63) is 83.4 Å². The summed E-state index contributed by atoms with van der Waals surface area (Å²) in [6, 6.07) is 19.1. The average Bonchev–Trinajstić information content (AvgIpc) is 2.74. The SMILES string of the molecule is C/C(=C\c1cc(/C=C(\C)c2ccc(N(C)C)cc2)ncn1)c1ccc(N(C)C)cc1. The number of allylic oxidation sites excluding steroid dienone is 2. The van der Waals surface area contributed by atoms with Crippen LogP contribution in [0.5, 0.6) is 0 Å². The fourth-order valence-corrected chi connectivity index (χ4v) is 3.20. The van der Waals surface area contributed by atoms with Crippen LogP contribution in [0.25, 0.3) is 23.3 Å². The lowest BCUT2D eigenvalue weighted by Crippen LogP contribution is -2.08. The van der Waals surface area contributed by atoms with Crippen LogP contribution in [0.2, 0.25) is 0 Å². The highest BCUT2D eigenvalue weighted by atomic mass is 15.1. The second-order valence-corrected chi connectivity index (χ2v) is 7.91. The van der Waals surface area contributed by atoms with Crippen LogP contribution in [0.15, 0.2) is 60.9 Å². The normalized spacial score (nSPS) is 12.1. The van der Waals surface area contributed by atoms with E-state index in [4.69, 9.17) is 0 Å². The number of hydrogen-bond acceptors (Lipinski definition) is 4. The van der Waals surface area contributed by atoms with Gasteiger partial charge >= 0.3 is 0 Å². The van der Waals surface area contributed by atoms with Gasteiger partial charge in [0.05, 0.1) is 11.4 Å². The Hall–Kier alpha value is -3.40. The molecule has 3 aromatic rings. The molecule has 0 radical (unpaired) electrons. The average molecular weight is 399 g/mol. The van der Waals surface area contributed by atoms with Gasteiger partial charge in [0.2, 0.25) is 0 Å². The third kappa shape index (κ3) is 5.35. The molecule has 3 rings (SSSR count). The molecule has 0 saturated carbocycles. The molecule has 0 amide bonds. The lowest BCUT2D eigenvalue weighted by molar-refractivity contribution is 1.13. The van der Waals surface area contributed by atoms with E-state index in [1.165, 1.54) is 33.6 Å². The van der Waals surface area contributed by atoms with Crippen molar-refractivity contribution >= 4 is 34.7 Å². The van der Waals surface area contributed by atoms with Crippen LogP contribution in [0.1, 0.15) is 36.4 Å². The summed E-state index contributed by atoms with van der Waals surface area (Å²) in [6.07, 6.45) is 5.83. The Morgan fingerprint density at radius 2 is 1.00 bits per heavy atom. The van der Waals surface area contributed by atoms with Crippen molar-refractivity contribution in [2.75, 3.05) is 38.0 Å². The van der Waals surface area contributed by atoms with Gasteiger partial charge < -0.3 is 9.80 Å². The molecule has 30 heavy (non-hydrogen) atoms. The highest BCUT2D eigenvalue weighted by Gasteiger charge is 2.02. The molecule has 154 valence electrons. The Balaban J connectivity index is 1.81. The van der Waals surface area contributed by atoms with Crippen LogP contribution < -0.4 is 9.80 Å². The summed E-state index contributed by atoms with van der Waals surface area (Å²) >= 11 is 0. The van der Waals surface area contributed by atoms with E-state index in [-0.39, 0.29) is 0 Å². The van der Waals surface area contributed by atoms with Crippen molar-refractivity contribution in [2.24, 2.45) is 0 Å². The second-order valence-electron chi connectivity index (χ2n) is 7.91. The van der Waals surface area contributed by atoms with E-state index in [0.29, 0.717) is 0 Å². The molecule has 4 nitrogen and oxygen atoms in total. The predicted molar refractivity (Wildman–Crippen MR) is 131 cm³/mol. The minimum absolute atomic E-state index is 0.904. The maximum Gasteiger partial charge on any atom is 0.116 e. The molecule has 0 unspecified atom stereocenters. The third-order valence-corrected chi connectivity index (χ3v) is 5.12. The van der Waals surface area contributed by atoms with Crippen molar-refractivity contribution in [3.63, 3.8) is 0 Å². The fourth-order valence-electron chi connectivity index (χ4n) is 3.20. The van der Waals surface area contributed by atoms with Gasteiger partial charge in [-0.3, -0.25) is 0 Å². The quantitative estimate of drug-likeness (QED) is 0.531. The van der Waals surface area contributed by atoms with E-state index in [9.17, 15) is 0 Å². The van der Waals surface area contributed by atoms with E-state index in [2.05, 4.69) is 94.3 Å². The first kappa shape index (κ1) is 21.3. The first-order chi connectivity index (χ1) is 14.3. The summed E-state index contributed by atoms with van der Waals surface area (Å²) in [5.41, 5.74) is 8.91. The molecule has 0 N–H and O–H groups in total. The standard InChI is InChI=1S/C26H30N4/c1-19(21-7-11-25(12-8-21)29(3)4)15-23-17-24(28-18-27-23)16-20(2)22-9-13-26(14-10-22)30(5)6/h7-18H,1-6H3/b19-15+,20-16+. The third-order valence-electron chi connectivity index (χ3n) is 5.12. The lowest BCUT2D eigenvalue weighted by atomic mass is 10.0. The molecular formula is C26H30N4. The lowest BCUT2D eigenvalue weighted by Gasteiger charge is -2.13. The molecule has 0 atom stereocenters. The van der Waals surface area contributed by atoms with Gasteiger partial charge in [-0.05, 0) is 78.6 Å². The molecule has 4 heteroatoms. The fraction of sp³-hybridized carbons (Fsp3) is 0.231. The zero-order valence-corrected chi connectivity index (χ0v) is 18.7. The summed E-state index contributed by atoms with van der Waals surface area (Å²) in [5.74, 6) is 0. The van der Waals surface area contributed by atoms with Gasteiger partial charge in [0.15, 0.2) is 0 Å². The van der Waals surface area contributed by atoms with E-state index in [1.807, 2.05) is 34.3 Å². The van der Waals surface area contributed by atoms with E-state index < -0.39 is 0 Å². The second kappa shape index (κ2) is 9.40. The predicted octanol–water partition coefficient (Wildman–Crippen LogP) is 5.73. The molecule has 1 heterocycles. The summed E-state index contributed by atoms with van der Waals surface area (Å²) in [7, 11) is 8.19. The maximum atomic E-state index is 4.43. The number of anilines is 2. The van der Waals surface area contributed by atoms with Gasteiger partial charge in [-0.15, -0.1) is 0 Å². The number of rotatable bonds is 6. The van der Waals surface area contributed by atoms with E-state index >= 15 is 0 Å². The van der Waals surface area contributed by atoms with E-state index in [0.717, 1.165) is 11.4 Å². The Morgan fingerprint density at radius 1 is 0.633 bits per heavy atom. The Bertz CT molecular complexity index is 960. The molecular weight excluding hydrogens is 368 g/mol. The molecule has 0 saturated heterocycles. The van der Waals surface area contributed by atoms with Gasteiger partial charge in [-0.2, -0.15) is 0 Å². The Morgan fingerprint density at radius 3 is 1.33 bits per heavy atom. The number of aromatic nitrogens is 2. The van der Waals surface area contributed by atoms with Crippen molar-refractivity contribution in [2.45, 2.75) is 13.8 Å². The molecule has 0 spiro atoms. The molecule has 0 aliphatic carbocycles. The van der Waals surface area contributed by atoms with Gasteiger partial charge in [0, 0.05) is 39.6 Å². The summed E-state index contributed by atoms with van der Waals surface area (Å²) in [5, 5.41) is 0. The summed E-state index contributed by atoms with van der Waals surface area (Å²) in [6.45, 7) is 4.22. The van der Waals surface area contributed by atoms with Crippen LogP contribution in [0.3, 0.4) is 0 Å². The number of nitrogens with zero attached hydrogens (tertiary/aromatic N) is 4. The number of hydrogen-bond donors (Lipinski definition) is 0.